The van der Waals surface area contributed by atoms with E-state index in [0.717, 1.165) is 46.6 Å². The molecule has 1 unspecified atom stereocenters. The number of fused-ring (bicyclic) bond motifs is 1. The molecule has 3 aromatic heterocycles. The molecule has 2 aliphatic heterocycles. The Bertz CT molecular complexity index is 1260. The van der Waals surface area contributed by atoms with E-state index in [-0.39, 0.29) is 25.0 Å². The maximum absolute atomic E-state index is 11.6. The van der Waals surface area contributed by atoms with Gasteiger partial charge in [-0.15, -0.1) is 0 Å². The molecule has 1 atom stereocenters. The largest absolute Gasteiger partial charge is 0.381 e. The van der Waals surface area contributed by atoms with Gasteiger partial charge in [-0.2, -0.15) is 0 Å². The maximum atomic E-state index is 11.6. The van der Waals surface area contributed by atoms with Crippen molar-refractivity contribution in [2.75, 3.05) is 31.7 Å². The third-order valence-corrected chi connectivity index (χ3v) is 5.68. The zero-order valence-corrected chi connectivity index (χ0v) is 18.0. The quantitative estimate of drug-likeness (QED) is 0.617. The topological polar surface area (TPSA) is 98.5 Å². The van der Waals surface area contributed by atoms with Crippen molar-refractivity contribution in [3.8, 4) is 17.7 Å². The number of anilines is 1. The minimum atomic E-state index is -1.12. The summed E-state index contributed by atoms with van der Waals surface area (Å²) in [4.78, 5) is 20.8. The van der Waals surface area contributed by atoms with E-state index >= 15 is 0 Å². The lowest BCUT2D eigenvalue weighted by molar-refractivity contribution is -0.140. The van der Waals surface area contributed by atoms with E-state index in [2.05, 4.69) is 28.2 Å². The van der Waals surface area contributed by atoms with Crippen LogP contribution in [0.15, 0.2) is 30.6 Å². The lowest BCUT2D eigenvalue weighted by atomic mass is 10.0. The van der Waals surface area contributed by atoms with Gasteiger partial charge in [0.15, 0.2) is 5.60 Å². The van der Waals surface area contributed by atoms with E-state index in [0.29, 0.717) is 12.4 Å². The smallest absolute Gasteiger partial charge is 0.222 e. The van der Waals surface area contributed by atoms with Crippen molar-refractivity contribution in [1.82, 2.24) is 14.5 Å². The van der Waals surface area contributed by atoms with Gasteiger partial charge < -0.3 is 19.9 Å². The molecule has 164 valence electrons. The summed E-state index contributed by atoms with van der Waals surface area (Å²) in [5, 5.41) is 13.9. The molecule has 1 amide bonds. The maximum Gasteiger partial charge on any atom is 0.222 e. The Morgan fingerprint density at radius 3 is 2.84 bits per heavy atom. The van der Waals surface area contributed by atoms with Gasteiger partial charge in [0.25, 0.3) is 0 Å². The highest BCUT2D eigenvalue weighted by atomic mass is 16.5. The molecule has 0 aliphatic carbocycles. The molecule has 5 heterocycles. The summed E-state index contributed by atoms with van der Waals surface area (Å²) >= 11 is 0. The van der Waals surface area contributed by atoms with E-state index in [1.54, 1.807) is 6.20 Å². The van der Waals surface area contributed by atoms with Gasteiger partial charge in [-0.1, -0.05) is 11.8 Å². The fraction of sp³-hybridized carbons (Fsp3) is 0.375. The first-order valence-electron chi connectivity index (χ1n) is 10.6. The molecule has 0 spiro atoms. The van der Waals surface area contributed by atoms with Gasteiger partial charge in [0.1, 0.15) is 11.6 Å². The molecule has 2 aliphatic rings. The number of ether oxygens (including phenoxy) is 2. The highest BCUT2D eigenvalue weighted by Crippen LogP contribution is 2.29. The minimum Gasteiger partial charge on any atom is -0.381 e. The highest BCUT2D eigenvalue weighted by Gasteiger charge is 2.34. The number of aliphatic hydroxyl groups is 1. The van der Waals surface area contributed by atoms with Gasteiger partial charge in [-0.05, 0) is 31.0 Å². The van der Waals surface area contributed by atoms with Crippen LogP contribution in [0.2, 0.25) is 0 Å². The summed E-state index contributed by atoms with van der Waals surface area (Å²) in [6.07, 6.45) is 4.54. The first-order valence-corrected chi connectivity index (χ1v) is 10.6. The van der Waals surface area contributed by atoms with Crippen molar-refractivity contribution in [2.24, 2.45) is 0 Å². The molecule has 0 radical (unpaired) electrons. The van der Waals surface area contributed by atoms with Gasteiger partial charge in [-0.25, -0.2) is 9.97 Å². The monoisotopic (exact) mass is 432 g/mol. The van der Waals surface area contributed by atoms with Gasteiger partial charge in [0, 0.05) is 49.0 Å². The number of hydrogen-bond donors (Lipinski definition) is 2. The zero-order chi connectivity index (χ0) is 22.3. The molecule has 2 fully saturated rings. The molecule has 8 heteroatoms. The summed E-state index contributed by atoms with van der Waals surface area (Å²) in [7, 11) is 0. The van der Waals surface area contributed by atoms with Crippen molar-refractivity contribution < 1.29 is 19.4 Å². The van der Waals surface area contributed by atoms with Crippen LogP contribution in [0.4, 0.5) is 5.82 Å². The van der Waals surface area contributed by atoms with Crippen LogP contribution in [-0.2, 0) is 14.3 Å². The number of nitrogens with zero attached hydrogens (tertiary/aromatic N) is 3. The molecule has 3 aromatic rings. The Morgan fingerprint density at radius 2 is 2.16 bits per heavy atom. The Labute approximate surface area is 185 Å². The second-order valence-electron chi connectivity index (χ2n) is 8.44. The van der Waals surface area contributed by atoms with Gasteiger partial charge in [0.05, 0.1) is 30.9 Å². The Balaban J connectivity index is 1.65. The highest BCUT2D eigenvalue weighted by molar-refractivity contribution is 5.93. The Kier molecular flexibility index (Phi) is 5.18. The molecule has 2 N–H and O–H groups in total. The normalized spacial score (nSPS) is 19.3. The molecule has 0 saturated carbocycles. The molecule has 0 aromatic carbocycles. The van der Waals surface area contributed by atoms with Crippen LogP contribution in [0.5, 0.6) is 0 Å². The van der Waals surface area contributed by atoms with Crippen LogP contribution in [0.3, 0.4) is 0 Å². The predicted molar refractivity (Wildman–Crippen MR) is 119 cm³/mol. The second kappa shape index (κ2) is 8.02. The van der Waals surface area contributed by atoms with Gasteiger partial charge in [0.2, 0.25) is 5.91 Å². The van der Waals surface area contributed by atoms with Crippen molar-refractivity contribution in [3.05, 3.63) is 47.4 Å². The summed E-state index contributed by atoms with van der Waals surface area (Å²) in [5.41, 5.74) is 2.52. The average Bonchev–Trinajstić information content (AvgIpc) is 3.38. The third-order valence-electron chi connectivity index (χ3n) is 5.68. The number of amides is 1. The predicted octanol–water partition coefficient (Wildman–Crippen LogP) is 2.30. The molecule has 2 saturated heterocycles. The van der Waals surface area contributed by atoms with E-state index in [1.165, 1.54) is 6.92 Å². The first kappa shape index (κ1) is 20.6. The van der Waals surface area contributed by atoms with Crippen molar-refractivity contribution in [3.63, 3.8) is 0 Å². The molecular formula is C24H24N4O4. The molecule has 0 bridgehead atoms. The second-order valence-corrected chi connectivity index (χ2v) is 8.44. The number of carbonyl (C=O) groups is 1. The van der Waals surface area contributed by atoms with Crippen molar-refractivity contribution >= 4 is 22.6 Å². The van der Waals surface area contributed by atoms with Crippen LogP contribution < -0.4 is 5.32 Å². The minimum absolute atomic E-state index is 0.195. The standard InChI is InChI=1S/C24H24N4O4/c1-15-7-20(18-4-6-31-12-18)27-23(8-15)28-11-17(3-5-24(30)13-32-14-24)19-10-25-22(9-21(19)28)26-16(2)29/h7-11,18,30H,4,6,12-14H2,1-2H3,(H,25,26,29). The number of hydrogen-bond acceptors (Lipinski definition) is 6. The van der Waals surface area contributed by atoms with Crippen LogP contribution >= 0.6 is 0 Å². The Hall–Kier alpha value is -3.25. The van der Waals surface area contributed by atoms with Crippen molar-refractivity contribution in [2.45, 2.75) is 31.8 Å². The molecule has 8 nitrogen and oxygen atoms in total. The SMILES string of the molecule is CC(=O)Nc1cc2c(cn1)c(C#CC1(O)COC1)cn2-c1cc(C)cc(C2CCOC2)n1. The fourth-order valence-electron chi connectivity index (χ4n) is 3.98. The lowest BCUT2D eigenvalue weighted by Gasteiger charge is -2.30. The molecular weight excluding hydrogens is 408 g/mol. The Morgan fingerprint density at radius 1 is 1.31 bits per heavy atom. The average molecular weight is 432 g/mol. The number of nitrogens with one attached hydrogen (secondary N) is 1. The number of aryl methyl sites for hydroxylation is 1. The number of rotatable bonds is 3. The lowest BCUT2D eigenvalue weighted by Crippen LogP contribution is -2.48. The van der Waals surface area contributed by atoms with Crippen molar-refractivity contribution in [1.29, 1.82) is 0 Å². The fourth-order valence-corrected chi connectivity index (χ4v) is 3.98. The summed E-state index contributed by atoms with van der Waals surface area (Å²) < 4.78 is 12.6. The molecule has 32 heavy (non-hydrogen) atoms. The number of aromatic nitrogens is 3. The van der Waals surface area contributed by atoms with Gasteiger partial charge in [-0.3, -0.25) is 9.36 Å². The van der Waals surface area contributed by atoms with E-state index in [9.17, 15) is 9.90 Å². The summed E-state index contributed by atoms with van der Waals surface area (Å²) in [5.74, 6) is 7.30. The number of pyridine rings is 2. The molecule has 5 rings (SSSR count). The van der Waals surface area contributed by atoms with Crippen LogP contribution in [-0.4, -0.2) is 57.6 Å². The van der Waals surface area contributed by atoms with E-state index < -0.39 is 5.60 Å². The zero-order valence-electron chi connectivity index (χ0n) is 18.0. The third kappa shape index (κ3) is 3.98. The van der Waals surface area contributed by atoms with Crippen LogP contribution in [0, 0.1) is 18.8 Å². The van der Waals surface area contributed by atoms with Crippen LogP contribution in [0.1, 0.15) is 36.1 Å². The number of carbonyl (C=O) groups excluding carboxylic acids is 1. The summed E-state index contributed by atoms with van der Waals surface area (Å²) in [6, 6.07) is 5.93. The van der Waals surface area contributed by atoms with E-state index in [1.807, 2.05) is 29.8 Å². The van der Waals surface area contributed by atoms with E-state index in [4.69, 9.17) is 14.5 Å². The first-order chi connectivity index (χ1) is 15.4. The summed E-state index contributed by atoms with van der Waals surface area (Å²) in [6.45, 7) is 5.33. The van der Waals surface area contributed by atoms with Gasteiger partial charge >= 0.3 is 0 Å². The van der Waals surface area contributed by atoms with Crippen LogP contribution in [0.25, 0.3) is 16.7 Å².